The molecule has 0 bridgehead atoms. The summed E-state index contributed by atoms with van der Waals surface area (Å²) in [6, 6.07) is 26.8. The molecular formula is C31H28N2O2. The zero-order valence-corrected chi connectivity index (χ0v) is 20.3. The quantitative estimate of drug-likeness (QED) is 0.340. The maximum atomic E-state index is 14.2. The van der Waals surface area contributed by atoms with Crippen molar-refractivity contribution in [1.82, 2.24) is 4.98 Å². The Labute approximate surface area is 205 Å². The molecule has 0 radical (unpaired) electrons. The van der Waals surface area contributed by atoms with Crippen LogP contribution in [0.3, 0.4) is 0 Å². The lowest BCUT2D eigenvalue weighted by Gasteiger charge is -2.36. The van der Waals surface area contributed by atoms with Crippen LogP contribution in [0.25, 0.3) is 10.9 Å². The number of carbonyl (C=O) groups excluding carboxylic acids is 1. The molecule has 0 saturated heterocycles. The van der Waals surface area contributed by atoms with Gasteiger partial charge in [-0.25, -0.2) is 0 Å². The summed E-state index contributed by atoms with van der Waals surface area (Å²) in [6.07, 6.45) is 1.21. The van der Waals surface area contributed by atoms with Gasteiger partial charge in [-0.2, -0.15) is 0 Å². The third-order valence-corrected chi connectivity index (χ3v) is 7.50. The van der Waals surface area contributed by atoms with Gasteiger partial charge in [-0.05, 0) is 42.5 Å². The smallest absolute Gasteiger partial charge is 0.212 e. The van der Waals surface area contributed by atoms with E-state index >= 15 is 0 Å². The summed E-state index contributed by atoms with van der Waals surface area (Å²) in [7, 11) is 0. The molecule has 2 heterocycles. The van der Waals surface area contributed by atoms with Crippen LogP contribution in [0.2, 0.25) is 0 Å². The van der Waals surface area contributed by atoms with Crippen LogP contribution in [-0.4, -0.2) is 22.1 Å². The molecular weight excluding hydrogens is 432 g/mol. The lowest BCUT2D eigenvalue weighted by atomic mass is 9.68. The van der Waals surface area contributed by atoms with Gasteiger partial charge < -0.3 is 4.84 Å². The van der Waals surface area contributed by atoms with Crippen molar-refractivity contribution in [2.45, 2.75) is 51.0 Å². The van der Waals surface area contributed by atoms with Gasteiger partial charge in [0, 0.05) is 22.9 Å². The molecule has 2 atom stereocenters. The molecule has 0 saturated carbocycles. The first-order chi connectivity index (χ1) is 17.0. The van der Waals surface area contributed by atoms with Gasteiger partial charge in [-0.1, -0.05) is 91.3 Å². The van der Waals surface area contributed by atoms with Crippen LogP contribution in [-0.2, 0) is 11.3 Å². The number of rotatable bonds is 3. The van der Waals surface area contributed by atoms with E-state index in [1.54, 1.807) is 0 Å². The molecule has 0 N–H and O–H groups in total. The van der Waals surface area contributed by atoms with Crippen molar-refractivity contribution < 1.29 is 9.63 Å². The summed E-state index contributed by atoms with van der Waals surface area (Å²) in [4.78, 5) is 25.3. The Kier molecular flexibility index (Phi) is 5.06. The maximum Gasteiger partial charge on any atom is 0.212 e. The second kappa shape index (κ2) is 8.16. The number of Topliss-reactive ketones (excluding diaryl/α,β-unsaturated/α-hetero) is 1. The van der Waals surface area contributed by atoms with Crippen LogP contribution in [0.5, 0.6) is 0 Å². The molecule has 4 aromatic rings. The molecule has 2 aliphatic rings. The first-order valence-corrected chi connectivity index (χ1v) is 12.3. The molecule has 1 aliphatic carbocycles. The van der Waals surface area contributed by atoms with Crippen molar-refractivity contribution >= 4 is 22.4 Å². The number of carbonyl (C=O) groups is 1. The topological polar surface area (TPSA) is 51.6 Å². The highest BCUT2D eigenvalue weighted by molar-refractivity contribution is 6.15. The van der Waals surface area contributed by atoms with E-state index in [2.05, 4.69) is 74.5 Å². The van der Waals surface area contributed by atoms with Gasteiger partial charge in [-0.15, -0.1) is 0 Å². The van der Waals surface area contributed by atoms with Gasteiger partial charge in [-0.3, -0.25) is 9.78 Å². The second-order valence-electron chi connectivity index (χ2n) is 10.1. The molecule has 0 fully saturated rings. The number of aromatic nitrogens is 1. The van der Waals surface area contributed by atoms with Crippen LogP contribution in [0.15, 0.2) is 84.0 Å². The Morgan fingerprint density at radius 3 is 2.46 bits per heavy atom. The molecule has 0 unspecified atom stereocenters. The summed E-state index contributed by atoms with van der Waals surface area (Å²) < 4.78 is 0. The minimum atomic E-state index is -1.07. The third-order valence-electron chi connectivity index (χ3n) is 7.50. The highest BCUT2D eigenvalue weighted by atomic mass is 16.7. The van der Waals surface area contributed by atoms with Crippen molar-refractivity contribution in [3.05, 3.63) is 112 Å². The van der Waals surface area contributed by atoms with Crippen LogP contribution in [0.4, 0.5) is 0 Å². The second-order valence-corrected chi connectivity index (χ2v) is 10.1. The van der Waals surface area contributed by atoms with Gasteiger partial charge >= 0.3 is 0 Å². The lowest BCUT2D eigenvalue weighted by Crippen LogP contribution is -2.48. The number of para-hydroxylation sites is 1. The molecule has 35 heavy (non-hydrogen) atoms. The fourth-order valence-electron chi connectivity index (χ4n) is 5.45. The average molecular weight is 461 g/mol. The zero-order valence-electron chi connectivity index (χ0n) is 20.3. The molecule has 4 nitrogen and oxygen atoms in total. The summed E-state index contributed by atoms with van der Waals surface area (Å²) in [5.74, 6) is 0.129. The number of hydrogen-bond donors (Lipinski definition) is 0. The first kappa shape index (κ1) is 21.7. The normalized spacial score (nSPS) is 21.3. The number of pyridine rings is 1. The summed E-state index contributed by atoms with van der Waals surface area (Å²) in [5, 5.41) is 5.56. The Hall–Kier alpha value is -3.79. The van der Waals surface area contributed by atoms with Crippen LogP contribution >= 0.6 is 0 Å². The zero-order chi connectivity index (χ0) is 24.2. The number of nitrogens with zero attached hydrogens (tertiary/aromatic N) is 2. The van der Waals surface area contributed by atoms with Gasteiger partial charge in [0.15, 0.2) is 0 Å². The molecule has 3 aromatic carbocycles. The van der Waals surface area contributed by atoms with Crippen LogP contribution in [0, 0.1) is 6.92 Å². The first-order valence-electron chi connectivity index (χ1n) is 12.3. The van der Waals surface area contributed by atoms with E-state index in [-0.39, 0.29) is 11.7 Å². The number of ketones is 1. The van der Waals surface area contributed by atoms with Gasteiger partial charge in [0.1, 0.15) is 0 Å². The molecule has 6 rings (SSSR count). The Morgan fingerprint density at radius 1 is 0.971 bits per heavy atom. The number of benzene rings is 3. The lowest BCUT2D eigenvalue weighted by molar-refractivity contribution is -0.0198. The summed E-state index contributed by atoms with van der Waals surface area (Å²) in [5.41, 5.74) is 6.65. The fraction of sp³-hybridized carbons (Fsp3) is 0.258. The SMILES string of the molecule is Cc1ccc([C@@H]2C(c3ccc(C(C)C)cc3)=NO[C@]23CCc2nc4ccccc4cc2C3=O)cc1. The van der Waals surface area contributed by atoms with Crippen LogP contribution < -0.4 is 0 Å². The summed E-state index contributed by atoms with van der Waals surface area (Å²) >= 11 is 0. The number of aryl methyl sites for hydroxylation is 2. The van der Waals surface area contributed by atoms with Gasteiger partial charge in [0.05, 0.1) is 22.8 Å². The number of oxime groups is 1. The molecule has 1 spiro atoms. The van der Waals surface area contributed by atoms with E-state index in [1.165, 1.54) is 11.1 Å². The van der Waals surface area contributed by atoms with Crippen molar-refractivity contribution in [3.8, 4) is 0 Å². The molecule has 174 valence electrons. The predicted molar refractivity (Wildman–Crippen MR) is 139 cm³/mol. The number of fused-ring (bicyclic) bond motifs is 2. The Morgan fingerprint density at radius 2 is 1.71 bits per heavy atom. The Balaban J connectivity index is 1.47. The maximum absolute atomic E-state index is 14.2. The van der Waals surface area contributed by atoms with Gasteiger partial charge in [0.25, 0.3) is 0 Å². The fourth-order valence-corrected chi connectivity index (χ4v) is 5.45. The van der Waals surface area contributed by atoms with E-state index in [0.29, 0.717) is 24.3 Å². The summed E-state index contributed by atoms with van der Waals surface area (Å²) in [6.45, 7) is 6.44. The average Bonchev–Trinajstić information content (AvgIpc) is 3.26. The van der Waals surface area contributed by atoms with Crippen molar-refractivity contribution in [1.29, 1.82) is 0 Å². The highest BCUT2D eigenvalue weighted by Crippen LogP contribution is 2.48. The third kappa shape index (κ3) is 3.47. The molecule has 4 heteroatoms. The van der Waals surface area contributed by atoms with E-state index in [1.807, 2.05) is 30.3 Å². The van der Waals surface area contributed by atoms with E-state index in [4.69, 9.17) is 9.82 Å². The minimum Gasteiger partial charge on any atom is -0.379 e. The highest BCUT2D eigenvalue weighted by Gasteiger charge is 2.57. The van der Waals surface area contributed by atoms with E-state index in [9.17, 15) is 4.79 Å². The molecule has 0 amide bonds. The van der Waals surface area contributed by atoms with E-state index < -0.39 is 5.60 Å². The number of hydrogen-bond acceptors (Lipinski definition) is 4. The monoisotopic (exact) mass is 460 g/mol. The van der Waals surface area contributed by atoms with E-state index in [0.717, 1.165) is 33.4 Å². The molecule has 1 aromatic heterocycles. The van der Waals surface area contributed by atoms with Crippen molar-refractivity contribution in [2.24, 2.45) is 5.16 Å². The van der Waals surface area contributed by atoms with Gasteiger partial charge in [0.2, 0.25) is 11.4 Å². The largest absolute Gasteiger partial charge is 0.379 e. The Bertz CT molecular complexity index is 1470. The van der Waals surface area contributed by atoms with Crippen molar-refractivity contribution in [3.63, 3.8) is 0 Å². The molecule has 1 aliphatic heterocycles. The minimum absolute atomic E-state index is 0.0277. The van der Waals surface area contributed by atoms with Crippen molar-refractivity contribution in [2.75, 3.05) is 0 Å². The predicted octanol–water partition coefficient (Wildman–Crippen LogP) is 6.75. The standard InChI is InChI=1S/C31H28N2O2/c1-19(2)21-12-14-23(15-13-21)29-28(22-10-8-20(3)9-11-22)31(35-33-29)17-16-27-25(30(31)34)18-24-6-4-5-7-26(24)32-27/h4-15,18-19,28H,16-17H2,1-3H3/t28-,31-/m1/s1. The van der Waals surface area contributed by atoms with Crippen LogP contribution in [0.1, 0.15) is 70.4 Å².